The predicted octanol–water partition coefficient (Wildman–Crippen LogP) is 2.16. The molecule has 2 heterocycles. The third kappa shape index (κ3) is 2.27. The Hall–Kier alpha value is -1.36. The summed E-state index contributed by atoms with van der Waals surface area (Å²) in [6, 6.07) is 0.177. The number of piperidine rings is 1. The van der Waals surface area contributed by atoms with Crippen LogP contribution in [0.15, 0.2) is 4.52 Å². The highest BCUT2D eigenvalue weighted by Gasteiger charge is 2.38. The standard InChI is InChI=1S/C14H20N2O3/c1-9-13-11(16-5-3-2-4-6-16)7-10(14(17)18)8-12(13)19-15-9/h10-11H,2-8H2,1H3,(H,17,18). The molecule has 1 aromatic heterocycles. The highest BCUT2D eigenvalue weighted by molar-refractivity contribution is 5.71. The summed E-state index contributed by atoms with van der Waals surface area (Å²) in [6.45, 7) is 4.07. The molecule has 1 fully saturated rings. The molecule has 0 amide bonds. The number of rotatable bonds is 2. The largest absolute Gasteiger partial charge is 0.481 e. The lowest BCUT2D eigenvalue weighted by Gasteiger charge is -2.38. The van der Waals surface area contributed by atoms with Crippen LogP contribution in [0.1, 0.15) is 48.7 Å². The summed E-state index contributed by atoms with van der Waals surface area (Å²) in [4.78, 5) is 13.7. The number of fused-ring (bicyclic) bond motifs is 1. The number of aromatic nitrogens is 1. The highest BCUT2D eigenvalue weighted by atomic mass is 16.5. The number of carbonyl (C=O) groups is 1. The van der Waals surface area contributed by atoms with Crippen molar-refractivity contribution in [1.82, 2.24) is 10.1 Å². The van der Waals surface area contributed by atoms with Crippen molar-refractivity contribution in [2.24, 2.45) is 5.92 Å². The molecule has 0 spiro atoms. The molecule has 0 radical (unpaired) electrons. The summed E-state index contributed by atoms with van der Waals surface area (Å²) in [5, 5.41) is 13.3. The van der Waals surface area contributed by atoms with Crippen LogP contribution >= 0.6 is 0 Å². The molecule has 19 heavy (non-hydrogen) atoms. The Morgan fingerprint density at radius 1 is 1.37 bits per heavy atom. The maximum atomic E-state index is 11.3. The fourth-order valence-electron chi connectivity index (χ4n) is 3.44. The molecule has 1 saturated heterocycles. The van der Waals surface area contributed by atoms with Crippen molar-refractivity contribution in [2.75, 3.05) is 13.1 Å². The number of carboxylic acids is 1. The number of hydrogen-bond acceptors (Lipinski definition) is 4. The van der Waals surface area contributed by atoms with Crippen molar-refractivity contribution < 1.29 is 14.4 Å². The van der Waals surface area contributed by atoms with Crippen molar-refractivity contribution in [3.05, 3.63) is 17.0 Å². The maximum absolute atomic E-state index is 11.3. The Kier molecular flexibility index (Phi) is 3.31. The van der Waals surface area contributed by atoms with Crippen molar-refractivity contribution in [3.8, 4) is 0 Å². The van der Waals surface area contributed by atoms with Gasteiger partial charge in [-0.25, -0.2) is 0 Å². The van der Waals surface area contributed by atoms with Gasteiger partial charge in [0.05, 0.1) is 11.6 Å². The Morgan fingerprint density at radius 2 is 2.11 bits per heavy atom. The van der Waals surface area contributed by atoms with Crippen LogP contribution in [-0.4, -0.2) is 34.2 Å². The van der Waals surface area contributed by atoms with E-state index in [4.69, 9.17) is 4.52 Å². The lowest BCUT2D eigenvalue weighted by Crippen LogP contribution is -2.38. The first-order valence-corrected chi connectivity index (χ1v) is 7.08. The molecule has 2 atom stereocenters. The fraction of sp³-hybridized carbons (Fsp3) is 0.714. The van der Waals surface area contributed by atoms with Gasteiger partial charge in [0, 0.05) is 18.0 Å². The highest BCUT2D eigenvalue weighted by Crippen LogP contribution is 2.40. The number of likely N-dealkylation sites (tertiary alicyclic amines) is 1. The molecule has 2 aliphatic rings. The zero-order valence-corrected chi connectivity index (χ0v) is 11.3. The molecule has 1 aliphatic heterocycles. The summed E-state index contributed by atoms with van der Waals surface area (Å²) in [5.74, 6) is -0.278. The first-order valence-electron chi connectivity index (χ1n) is 7.08. The van der Waals surface area contributed by atoms with E-state index in [1.165, 1.54) is 19.3 Å². The van der Waals surface area contributed by atoms with Crippen molar-refractivity contribution in [1.29, 1.82) is 0 Å². The zero-order chi connectivity index (χ0) is 13.4. The summed E-state index contributed by atoms with van der Waals surface area (Å²) in [7, 11) is 0. The van der Waals surface area contributed by atoms with Crippen molar-refractivity contribution >= 4 is 5.97 Å². The molecule has 1 aromatic rings. The molecule has 3 rings (SSSR count). The minimum Gasteiger partial charge on any atom is -0.481 e. The van der Waals surface area contributed by atoms with E-state index >= 15 is 0 Å². The second kappa shape index (κ2) is 4.96. The van der Waals surface area contributed by atoms with E-state index in [9.17, 15) is 9.90 Å². The molecule has 5 heteroatoms. The van der Waals surface area contributed by atoms with Crippen LogP contribution in [0.5, 0.6) is 0 Å². The van der Waals surface area contributed by atoms with Gasteiger partial charge in [0.2, 0.25) is 0 Å². The number of carboxylic acid groups (broad SMARTS) is 1. The average Bonchev–Trinajstić information content (AvgIpc) is 2.80. The molecule has 104 valence electrons. The smallest absolute Gasteiger partial charge is 0.307 e. The van der Waals surface area contributed by atoms with Gasteiger partial charge in [-0.05, 0) is 39.3 Å². The lowest BCUT2D eigenvalue weighted by atomic mass is 9.82. The van der Waals surface area contributed by atoms with Crippen LogP contribution in [0.25, 0.3) is 0 Å². The molecule has 1 N–H and O–H groups in total. The quantitative estimate of drug-likeness (QED) is 0.886. The Balaban J connectivity index is 1.92. The number of aliphatic carboxylic acids is 1. The summed E-state index contributed by atoms with van der Waals surface area (Å²) in [6.07, 6.45) is 4.85. The van der Waals surface area contributed by atoms with E-state index < -0.39 is 5.97 Å². The number of hydrogen-bond donors (Lipinski definition) is 1. The van der Waals surface area contributed by atoms with Crippen LogP contribution in [0.3, 0.4) is 0 Å². The molecule has 0 aromatic carbocycles. The topological polar surface area (TPSA) is 66.6 Å². The van der Waals surface area contributed by atoms with Gasteiger partial charge in [-0.3, -0.25) is 9.69 Å². The molecule has 0 saturated carbocycles. The monoisotopic (exact) mass is 264 g/mol. The molecular weight excluding hydrogens is 244 g/mol. The summed E-state index contributed by atoms with van der Waals surface area (Å²) in [5.41, 5.74) is 2.08. The second-order valence-electron chi connectivity index (χ2n) is 5.69. The lowest BCUT2D eigenvalue weighted by molar-refractivity contribution is -0.143. The third-order valence-corrected chi connectivity index (χ3v) is 4.44. The second-order valence-corrected chi connectivity index (χ2v) is 5.69. The number of aryl methyl sites for hydroxylation is 1. The van der Waals surface area contributed by atoms with E-state index in [0.29, 0.717) is 12.8 Å². The fourth-order valence-corrected chi connectivity index (χ4v) is 3.44. The first-order chi connectivity index (χ1) is 9.16. The van der Waals surface area contributed by atoms with Gasteiger partial charge in [0.25, 0.3) is 0 Å². The van der Waals surface area contributed by atoms with E-state index in [1.807, 2.05) is 6.92 Å². The normalized spacial score (nSPS) is 28.1. The van der Waals surface area contributed by atoms with E-state index in [2.05, 4.69) is 10.1 Å². The van der Waals surface area contributed by atoms with Crippen molar-refractivity contribution in [2.45, 2.75) is 45.1 Å². The van der Waals surface area contributed by atoms with Gasteiger partial charge in [-0.1, -0.05) is 11.6 Å². The van der Waals surface area contributed by atoms with Crippen LogP contribution in [-0.2, 0) is 11.2 Å². The van der Waals surface area contributed by atoms with Crippen LogP contribution in [0, 0.1) is 12.8 Å². The minimum atomic E-state index is -0.721. The molecule has 2 unspecified atom stereocenters. The average molecular weight is 264 g/mol. The molecule has 0 bridgehead atoms. The van der Waals surface area contributed by atoms with Gasteiger partial charge in [0.1, 0.15) is 5.76 Å². The summed E-state index contributed by atoms with van der Waals surface area (Å²) >= 11 is 0. The maximum Gasteiger partial charge on any atom is 0.307 e. The molecule has 5 nitrogen and oxygen atoms in total. The Morgan fingerprint density at radius 3 is 2.79 bits per heavy atom. The number of nitrogens with zero attached hydrogens (tertiary/aromatic N) is 2. The summed E-state index contributed by atoms with van der Waals surface area (Å²) < 4.78 is 5.35. The Labute approximate surface area is 112 Å². The Bertz CT molecular complexity index is 477. The molecular formula is C14H20N2O3. The van der Waals surface area contributed by atoms with Gasteiger partial charge in [-0.15, -0.1) is 0 Å². The predicted molar refractivity (Wildman–Crippen MR) is 68.9 cm³/mol. The van der Waals surface area contributed by atoms with Gasteiger partial charge in [-0.2, -0.15) is 0 Å². The minimum absolute atomic E-state index is 0.177. The van der Waals surface area contributed by atoms with Crippen LogP contribution in [0.2, 0.25) is 0 Å². The van der Waals surface area contributed by atoms with E-state index in [0.717, 1.165) is 30.1 Å². The van der Waals surface area contributed by atoms with Crippen molar-refractivity contribution in [3.63, 3.8) is 0 Å². The first kappa shape index (κ1) is 12.7. The van der Waals surface area contributed by atoms with Gasteiger partial charge < -0.3 is 9.63 Å². The van der Waals surface area contributed by atoms with E-state index in [-0.39, 0.29) is 12.0 Å². The van der Waals surface area contributed by atoms with Gasteiger partial charge >= 0.3 is 5.97 Å². The van der Waals surface area contributed by atoms with Crippen LogP contribution < -0.4 is 0 Å². The molecule has 1 aliphatic carbocycles. The SMILES string of the molecule is Cc1noc2c1C(N1CCCCC1)CC(C(=O)O)C2. The third-order valence-electron chi connectivity index (χ3n) is 4.44. The zero-order valence-electron chi connectivity index (χ0n) is 11.3. The van der Waals surface area contributed by atoms with Crippen LogP contribution in [0.4, 0.5) is 0 Å². The van der Waals surface area contributed by atoms with Gasteiger partial charge in [0.15, 0.2) is 0 Å². The van der Waals surface area contributed by atoms with E-state index in [1.54, 1.807) is 0 Å².